The standard InChI is InChI=1S/C28H37N5O2S/c1-3-14-33(28(35)24-12-6-5-10-22(24)2)19-23-11-9-17-32(23)20-26-30-25(21-36-26)27(34)29-13-18-31-15-7-4-8-16-31/h5-6,9-12,17,21H,3-4,7-8,13-16,18-20H2,1-2H3,(H,29,34). The lowest BCUT2D eigenvalue weighted by atomic mass is 10.1. The van der Waals surface area contributed by atoms with Crippen molar-refractivity contribution in [2.24, 2.45) is 0 Å². The van der Waals surface area contributed by atoms with Crippen LogP contribution in [0.3, 0.4) is 0 Å². The maximum atomic E-state index is 13.3. The molecule has 3 heterocycles. The van der Waals surface area contributed by atoms with E-state index in [1.165, 1.54) is 30.6 Å². The number of carbonyl (C=O) groups excluding carboxylic acids is 2. The largest absolute Gasteiger partial charge is 0.349 e. The maximum Gasteiger partial charge on any atom is 0.270 e. The number of likely N-dealkylation sites (tertiary alicyclic amines) is 1. The van der Waals surface area contributed by atoms with Crippen molar-refractivity contribution in [3.8, 4) is 0 Å². The summed E-state index contributed by atoms with van der Waals surface area (Å²) in [6.07, 6.45) is 6.72. The number of nitrogens with zero attached hydrogens (tertiary/aromatic N) is 4. The average molecular weight is 508 g/mol. The molecule has 0 bridgehead atoms. The second-order valence-corrected chi connectivity index (χ2v) is 10.4. The molecule has 4 rings (SSSR count). The second-order valence-electron chi connectivity index (χ2n) is 9.45. The van der Waals surface area contributed by atoms with Crippen molar-refractivity contribution in [3.05, 3.63) is 75.5 Å². The molecule has 36 heavy (non-hydrogen) atoms. The van der Waals surface area contributed by atoms with Gasteiger partial charge in [0.1, 0.15) is 10.7 Å². The van der Waals surface area contributed by atoms with E-state index in [0.29, 0.717) is 31.9 Å². The molecule has 1 fully saturated rings. The number of hydrogen-bond donors (Lipinski definition) is 1. The number of rotatable bonds is 11. The van der Waals surface area contributed by atoms with Crippen LogP contribution in [0.1, 0.15) is 69.7 Å². The molecular formula is C28H37N5O2S. The molecule has 3 aromatic rings. The van der Waals surface area contributed by atoms with E-state index in [1.807, 2.05) is 53.7 Å². The van der Waals surface area contributed by atoms with Gasteiger partial charge in [-0.3, -0.25) is 9.59 Å². The highest BCUT2D eigenvalue weighted by Crippen LogP contribution is 2.17. The number of carbonyl (C=O) groups is 2. The zero-order valence-corrected chi connectivity index (χ0v) is 22.2. The van der Waals surface area contributed by atoms with E-state index in [4.69, 9.17) is 0 Å². The predicted octanol–water partition coefficient (Wildman–Crippen LogP) is 4.57. The zero-order valence-electron chi connectivity index (χ0n) is 21.4. The van der Waals surface area contributed by atoms with E-state index in [9.17, 15) is 9.59 Å². The molecule has 1 aromatic carbocycles. The molecule has 1 aliphatic rings. The third kappa shape index (κ3) is 6.83. The minimum Gasteiger partial charge on any atom is -0.349 e. The van der Waals surface area contributed by atoms with Gasteiger partial charge in [-0.25, -0.2) is 4.98 Å². The van der Waals surface area contributed by atoms with Crippen LogP contribution in [0.5, 0.6) is 0 Å². The van der Waals surface area contributed by atoms with Crippen LogP contribution in [0.4, 0.5) is 0 Å². The molecule has 1 aliphatic heterocycles. The first-order valence-corrected chi connectivity index (χ1v) is 13.9. The predicted molar refractivity (Wildman–Crippen MR) is 144 cm³/mol. The van der Waals surface area contributed by atoms with Crippen molar-refractivity contribution in [1.29, 1.82) is 0 Å². The first-order valence-electron chi connectivity index (χ1n) is 13.0. The summed E-state index contributed by atoms with van der Waals surface area (Å²) in [6, 6.07) is 11.8. The van der Waals surface area contributed by atoms with Gasteiger partial charge in [0.2, 0.25) is 0 Å². The Morgan fingerprint density at radius 3 is 2.69 bits per heavy atom. The van der Waals surface area contributed by atoms with Gasteiger partial charge in [-0.2, -0.15) is 0 Å². The van der Waals surface area contributed by atoms with Crippen molar-refractivity contribution >= 4 is 23.2 Å². The van der Waals surface area contributed by atoms with Crippen molar-refractivity contribution < 1.29 is 9.59 Å². The smallest absolute Gasteiger partial charge is 0.270 e. The molecule has 0 radical (unpaired) electrons. The monoisotopic (exact) mass is 507 g/mol. The van der Waals surface area contributed by atoms with Gasteiger partial charge in [-0.05, 0) is 63.0 Å². The lowest BCUT2D eigenvalue weighted by Crippen LogP contribution is -2.37. The maximum absolute atomic E-state index is 13.3. The number of aromatic nitrogens is 2. The number of piperidine rings is 1. The molecule has 0 spiro atoms. The van der Waals surface area contributed by atoms with Crippen LogP contribution < -0.4 is 5.32 Å². The molecule has 192 valence electrons. The summed E-state index contributed by atoms with van der Waals surface area (Å²) in [5.74, 6) is -0.0550. The van der Waals surface area contributed by atoms with Gasteiger partial charge < -0.3 is 19.7 Å². The van der Waals surface area contributed by atoms with Gasteiger partial charge in [0.05, 0.1) is 13.1 Å². The summed E-state index contributed by atoms with van der Waals surface area (Å²) in [7, 11) is 0. The summed E-state index contributed by atoms with van der Waals surface area (Å²) in [6.45, 7) is 9.66. The molecule has 1 N–H and O–H groups in total. The Kier molecular flexibility index (Phi) is 9.30. The lowest BCUT2D eigenvalue weighted by molar-refractivity contribution is 0.0738. The number of benzene rings is 1. The molecule has 2 aromatic heterocycles. The van der Waals surface area contributed by atoms with Crippen LogP contribution in [-0.2, 0) is 13.1 Å². The Labute approximate surface area is 218 Å². The van der Waals surface area contributed by atoms with Crippen LogP contribution in [-0.4, -0.2) is 63.9 Å². The van der Waals surface area contributed by atoms with Gasteiger partial charge in [-0.15, -0.1) is 11.3 Å². The number of thiazole rings is 1. The summed E-state index contributed by atoms with van der Waals surface area (Å²) in [4.78, 5) is 34.8. The van der Waals surface area contributed by atoms with Crippen molar-refractivity contribution in [3.63, 3.8) is 0 Å². The molecule has 8 heteroatoms. The van der Waals surface area contributed by atoms with Gasteiger partial charge in [-0.1, -0.05) is 31.5 Å². The van der Waals surface area contributed by atoms with Gasteiger partial charge in [0, 0.05) is 42.5 Å². The molecule has 0 unspecified atom stereocenters. The summed E-state index contributed by atoms with van der Waals surface area (Å²) >= 11 is 1.50. The molecule has 1 saturated heterocycles. The number of nitrogens with one attached hydrogen (secondary N) is 1. The Morgan fingerprint density at radius 2 is 1.92 bits per heavy atom. The minimum absolute atomic E-state index is 0.0560. The number of amides is 2. The minimum atomic E-state index is -0.111. The SMILES string of the molecule is CCCN(Cc1cccn1Cc1nc(C(=O)NCCN2CCCCC2)cs1)C(=O)c1ccccc1C. The third-order valence-electron chi connectivity index (χ3n) is 6.68. The van der Waals surface area contributed by atoms with E-state index in [0.717, 1.165) is 47.9 Å². The van der Waals surface area contributed by atoms with Gasteiger partial charge in [0.25, 0.3) is 11.8 Å². The van der Waals surface area contributed by atoms with Crippen LogP contribution >= 0.6 is 11.3 Å². The topological polar surface area (TPSA) is 70.5 Å². The zero-order chi connectivity index (χ0) is 25.3. The van der Waals surface area contributed by atoms with E-state index >= 15 is 0 Å². The quantitative estimate of drug-likeness (QED) is 0.413. The van der Waals surface area contributed by atoms with E-state index in [1.54, 1.807) is 0 Å². The molecule has 0 aliphatic carbocycles. The highest BCUT2D eigenvalue weighted by molar-refractivity contribution is 7.09. The molecule has 0 saturated carbocycles. The van der Waals surface area contributed by atoms with E-state index in [-0.39, 0.29) is 11.8 Å². The van der Waals surface area contributed by atoms with Crippen LogP contribution in [0.2, 0.25) is 0 Å². The molecule has 0 atom stereocenters. The molecular weight excluding hydrogens is 470 g/mol. The van der Waals surface area contributed by atoms with E-state index < -0.39 is 0 Å². The fourth-order valence-electron chi connectivity index (χ4n) is 4.68. The Morgan fingerprint density at radius 1 is 1.11 bits per heavy atom. The van der Waals surface area contributed by atoms with Gasteiger partial charge in [0.15, 0.2) is 0 Å². The Hall–Kier alpha value is -2.97. The van der Waals surface area contributed by atoms with Crippen LogP contribution in [0.25, 0.3) is 0 Å². The van der Waals surface area contributed by atoms with Crippen LogP contribution in [0.15, 0.2) is 48.0 Å². The normalized spacial score (nSPS) is 14.1. The highest BCUT2D eigenvalue weighted by Gasteiger charge is 2.19. The molecule has 7 nitrogen and oxygen atoms in total. The average Bonchev–Trinajstić information content (AvgIpc) is 3.54. The number of hydrogen-bond acceptors (Lipinski definition) is 5. The first-order chi connectivity index (χ1) is 17.5. The van der Waals surface area contributed by atoms with Crippen molar-refractivity contribution in [2.45, 2.75) is 52.6 Å². The van der Waals surface area contributed by atoms with E-state index in [2.05, 4.69) is 32.8 Å². The Bertz CT molecular complexity index is 1150. The van der Waals surface area contributed by atoms with Crippen molar-refractivity contribution in [1.82, 2.24) is 24.7 Å². The fourth-order valence-corrected chi connectivity index (χ4v) is 5.46. The molecule has 2 amide bonds. The summed E-state index contributed by atoms with van der Waals surface area (Å²) < 4.78 is 2.12. The fraction of sp³-hybridized carbons (Fsp3) is 0.464. The highest BCUT2D eigenvalue weighted by atomic mass is 32.1. The summed E-state index contributed by atoms with van der Waals surface area (Å²) in [5, 5.41) is 5.72. The first kappa shape index (κ1) is 26.1. The van der Waals surface area contributed by atoms with Crippen molar-refractivity contribution in [2.75, 3.05) is 32.7 Å². The van der Waals surface area contributed by atoms with Crippen LogP contribution in [0, 0.1) is 6.92 Å². The second kappa shape index (κ2) is 12.8. The number of aryl methyl sites for hydroxylation is 1. The summed E-state index contributed by atoms with van der Waals surface area (Å²) in [5.41, 5.74) is 3.27. The Balaban J connectivity index is 1.35. The lowest BCUT2D eigenvalue weighted by Gasteiger charge is -2.26. The third-order valence-corrected chi connectivity index (χ3v) is 7.52. The van der Waals surface area contributed by atoms with Gasteiger partial charge >= 0.3 is 0 Å².